The van der Waals surface area contributed by atoms with Crippen molar-refractivity contribution in [3.63, 3.8) is 0 Å². The first-order valence-electron chi connectivity index (χ1n) is 18.6. The summed E-state index contributed by atoms with van der Waals surface area (Å²) in [6, 6.07) is 84.4. The molecule has 0 heterocycles. The summed E-state index contributed by atoms with van der Waals surface area (Å²) < 4.78 is 0. The predicted octanol–water partition coefficient (Wildman–Crippen LogP) is 11.6. The van der Waals surface area contributed by atoms with Crippen LogP contribution in [0.4, 0.5) is 0 Å². The molecule has 8 aromatic carbocycles. The summed E-state index contributed by atoms with van der Waals surface area (Å²) in [5.74, 6) is 2.99. The van der Waals surface area contributed by atoms with Crippen molar-refractivity contribution in [2.75, 3.05) is 5.88 Å². The first-order valence-corrected chi connectivity index (χ1v) is 21.8. The molecule has 0 aromatic heterocycles. The summed E-state index contributed by atoms with van der Waals surface area (Å²) in [6.45, 7) is 0. The van der Waals surface area contributed by atoms with Crippen LogP contribution in [0.1, 0.15) is 12.0 Å². The molecule has 0 saturated heterocycles. The van der Waals surface area contributed by atoms with Crippen molar-refractivity contribution in [2.24, 2.45) is 0 Å². The van der Waals surface area contributed by atoms with Gasteiger partial charge in [-0.05, 0) is 54.1 Å². The van der Waals surface area contributed by atoms with Gasteiger partial charge >= 0.3 is 19.5 Å². The smallest absolute Gasteiger partial charge is 0.366 e. The quantitative estimate of drug-likeness (QED) is 0.0446. The van der Waals surface area contributed by atoms with E-state index in [0.717, 1.165) is 17.6 Å². The van der Waals surface area contributed by atoms with Crippen LogP contribution in [0.3, 0.4) is 0 Å². The largest absolute Gasteiger partial charge is 2.00 e. The summed E-state index contributed by atoms with van der Waals surface area (Å²) in [6.07, 6.45) is 9.82. The number of halogens is 1. The fraction of sp³-hybridized carbons (Fsp3) is 0.0377. The van der Waals surface area contributed by atoms with Crippen molar-refractivity contribution >= 4 is 64.8 Å². The van der Waals surface area contributed by atoms with E-state index in [1.54, 1.807) is 0 Å². The Hall–Kier alpha value is -5.04. The SMILES string of the molecule is [C-]#C/C(=C\CCCl)c1ccccc1.[Ru+2].c1cc[cH-]c1.c1ccc(P(c2ccccc2)c2ccccc2)cc1.c1ccc(P(c2ccccc2)c2ccccc2)cc1. The Morgan fingerprint density at radius 2 is 0.702 bits per heavy atom. The molecule has 282 valence electrons. The van der Waals surface area contributed by atoms with Crippen molar-refractivity contribution in [2.45, 2.75) is 6.42 Å². The molecule has 0 bridgehead atoms. The van der Waals surface area contributed by atoms with Gasteiger partial charge in [-0.25, -0.2) is 12.1 Å². The van der Waals surface area contributed by atoms with Crippen molar-refractivity contribution in [3.8, 4) is 5.92 Å². The van der Waals surface area contributed by atoms with E-state index in [1.807, 2.05) is 66.7 Å². The van der Waals surface area contributed by atoms with Gasteiger partial charge in [0.05, 0.1) is 0 Å². The van der Waals surface area contributed by atoms with E-state index in [4.69, 9.17) is 18.0 Å². The first-order chi connectivity index (χ1) is 27.8. The molecule has 0 unspecified atom stereocenters. The van der Waals surface area contributed by atoms with Gasteiger partial charge < -0.3 is 6.42 Å². The Labute approximate surface area is 361 Å². The zero-order chi connectivity index (χ0) is 38.9. The molecule has 0 aliphatic carbocycles. The number of benzene rings is 7. The third kappa shape index (κ3) is 15.1. The van der Waals surface area contributed by atoms with E-state index in [9.17, 15) is 0 Å². The second-order valence-corrected chi connectivity index (χ2v) is 17.1. The van der Waals surface area contributed by atoms with Crippen LogP contribution in [0.5, 0.6) is 0 Å². The summed E-state index contributed by atoms with van der Waals surface area (Å²) in [5.41, 5.74) is 1.82. The minimum atomic E-state index is -0.446. The summed E-state index contributed by atoms with van der Waals surface area (Å²) in [4.78, 5) is 0. The van der Waals surface area contributed by atoms with E-state index < -0.39 is 15.8 Å². The average Bonchev–Trinajstić information content (AvgIpc) is 3.89. The van der Waals surface area contributed by atoms with Gasteiger partial charge in [-0.1, -0.05) is 218 Å². The maximum absolute atomic E-state index is 7.11. The van der Waals surface area contributed by atoms with Crippen LogP contribution in [-0.2, 0) is 19.5 Å². The van der Waals surface area contributed by atoms with E-state index in [0.29, 0.717) is 5.88 Å². The number of hydrogen-bond donors (Lipinski definition) is 0. The molecule has 0 fully saturated rings. The maximum atomic E-state index is 7.11. The number of hydrogen-bond acceptors (Lipinski definition) is 0. The second kappa shape index (κ2) is 26.8. The Morgan fingerprint density at radius 1 is 0.439 bits per heavy atom. The van der Waals surface area contributed by atoms with Gasteiger partial charge in [-0.3, -0.25) is 5.92 Å². The topological polar surface area (TPSA) is 0 Å². The zero-order valence-corrected chi connectivity index (χ0v) is 36.0. The molecule has 0 saturated carbocycles. The van der Waals surface area contributed by atoms with Crippen molar-refractivity contribution in [1.29, 1.82) is 0 Å². The van der Waals surface area contributed by atoms with E-state index in [2.05, 4.69) is 188 Å². The number of allylic oxidation sites excluding steroid dienone is 2. The Kier molecular flexibility index (Phi) is 21.0. The van der Waals surface area contributed by atoms with E-state index in [1.165, 1.54) is 31.8 Å². The van der Waals surface area contributed by atoms with Gasteiger partial charge in [0.25, 0.3) is 0 Å². The van der Waals surface area contributed by atoms with Gasteiger partial charge in [-0.2, -0.15) is 24.3 Å². The molecule has 0 amide bonds. The molecule has 57 heavy (non-hydrogen) atoms. The molecular weight excluding hydrogens is 835 g/mol. The van der Waals surface area contributed by atoms with Crippen LogP contribution in [0.2, 0.25) is 0 Å². The summed E-state index contributed by atoms with van der Waals surface area (Å²) in [5, 5.41) is 8.39. The molecule has 4 heteroatoms. The molecule has 0 aliphatic heterocycles. The maximum Gasteiger partial charge on any atom is 2.00 e. The van der Waals surface area contributed by atoms with Crippen molar-refractivity contribution < 1.29 is 19.5 Å². The fourth-order valence-electron chi connectivity index (χ4n) is 5.74. The third-order valence-electron chi connectivity index (χ3n) is 8.32. The molecule has 0 aliphatic rings. The van der Waals surface area contributed by atoms with Crippen LogP contribution in [0, 0.1) is 12.3 Å². The summed E-state index contributed by atoms with van der Waals surface area (Å²) in [7, 11) is -0.892. The number of alkyl halides is 1. The van der Waals surface area contributed by atoms with Crippen molar-refractivity contribution in [3.05, 3.63) is 261 Å². The number of rotatable bonds is 9. The molecule has 0 nitrogen and oxygen atoms in total. The molecule has 0 atom stereocenters. The van der Waals surface area contributed by atoms with Gasteiger partial charge in [0.15, 0.2) is 0 Å². The van der Waals surface area contributed by atoms with E-state index >= 15 is 0 Å². The second-order valence-electron chi connectivity index (χ2n) is 12.2. The van der Waals surface area contributed by atoms with Crippen LogP contribution in [-0.4, -0.2) is 5.88 Å². The van der Waals surface area contributed by atoms with Gasteiger partial charge in [0, 0.05) is 5.88 Å². The average molecular weight is 880 g/mol. The molecule has 0 radical (unpaired) electrons. The van der Waals surface area contributed by atoms with Crippen LogP contribution >= 0.6 is 27.4 Å². The van der Waals surface area contributed by atoms with E-state index in [-0.39, 0.29) is 19.5 Å². The molecule has 8 rings (SSSR count). The normalized spacial score (nSPS) is 10.2. The van der Waals surface area contributed by atoms with Crippen LogP contribution < -0.4 is 31.8 Å². The molecule has 8 aromatic rings. The standard InChI is InChI=1S/2C18H15P.C12H10Cl.C5H5.Ru/c2*1-4-10-16(11-5-1)19(17-12-6-2-7-13-17)18-14-8-3-9-15-18;1-2-11(9-6-10-13)12-7-4-3-5-8-12;1-2-4-5-3-1;/h2*1-15H;3-5,7-9H,6,10H2;1-5H;/q;;2*-1;+2/b;;11-9+;;. The Bertz CT molecular complexity index is 1920. The minimum absolute atomic E-state index is 0. The van der Waals surface area contributed by atoms with Crippen LogP contribution in [0.15, 0.2) is 249 Å². The molecule has 0 spiro atoms. The van der Waals surface area contributed by atoms with Gasteiger partial charge in [-0.15, -0.1) is 17.2 Å². The van der Waals surface area contributed by atoms with Gasteiger partial charge in [0.1, 0.15) is 0 Å². The van der Waals surface area contributed by atoms with Crippen molar-refractivity contribution in [1.82, 2.24) is 0 Å². The fourth-order valence-corrected chi connectivity index (χ4v) is 10.5. The summed E-state index contributed by atoms with van der Waals surface area (Å²) >= 11 is 5.56. The van der Waals surface area contributed by atoms with Gasteiger partial charge in [0.2, 0.25) is 0 Å². The zero-order valence-electron chi connectivity index (χ0n) is 31.7. The minimum Gasteiger partial charge on any atom is -0.366 e. The van der Waals surface area contributed by atoms with Crippen LogP contribution in [0.25, 0.3) is 5.57 Å². The monoisotopic (exact) mass is 880 g/mol. The Morgan fingerprint density at radius 3 is 0.912 bits per heavy atom. The Balaban J connectivity index is 0.000000180. The molecule has 0 N–H and O–H groups in total. The first kappa shape index (κ1) is 44.7. The predicted molar refractivity (Wildman–Crippen MR) is 249 cm³/mol. The third-order valence-corrected chi connectivity index (χ3v) is 13.4. The molecular formula is C53H45ClP2Ru.